The van der Waals surface area contributed by atoms with Crippen LogP contribution in [-0.2, 0) is 0 Å². The molecule has 3 nitrogen and oxygen atoms in total. The number of hydrogen-bond donors (Lipinski definition) is 1. The lowest BCUT2D eigenvalue weighted by Gasteiger charge is -2.20. The fourth-order valence-electron chi connectivity index (χ4n) is 2.13. The average Bonchev–Trinajstić information content (AvgIpc) is 2.75. The van der Waals surface area contributed by atoms with Crippen molar-refractivity contribution in [3.05, 3.63) is 43.8 Å². The van der Waals surface area contributed by atoms with E-state index in [1.165, 1.54) is 10.4 Å². The Balaban J connectivity index is 2.42. The number of benzene rings is 1. The Hall–Kier alpha value is -0.910. The summed E-state index contributed by atoms with van der Waals surface area (Å²) in [7, 11) is 1.68. The normalized spacial score (nSPS) is 12.7. The number of aryl methyl sites for hydroxylation is 2. The molecule has 1 aromatic heterocycles. The molecule has 0 spiro atoms. The van der Waals surface area contributed by atoms with Gasteiger partial charge < -0.3 is 10.1 Å². The van der Waals surface area contributed by atoms with Crippen LogP contribution < -0.4 is 10.1 Å². The number of thiazole rings is 1. The van der Waals surface area contributed by atoms with Crippen molar-refractivity contribution < 1.29 is 4.74 Å². The van der Waals surface area contributed by atoms with E-state index >= 15 is 0 Å². The molecule has 1 unspecified atom stereocenters. The van der Waals surface area contributed by atoms with Gasteiger partial charge in [-0.1, -0.05) is 6.07 Å². The summed E-state index contributed by atoms with van der Waals surface area (Å²) in [5.41, 5.74) is 2.29. The second-order valence-electron chi connectivity index (χ2n) is 5.34. The van der Waals surface area contributed by atoms with Crippen LogP contribution in [0.3, 0.4) is 0 Å². The van der Waals surface area contributed by atoms with E-state index < -0.39 is 0 Å². The van der Waals surface area contributed by atoms with Crippen LogP contribution >= 0.6 is 27.3 Å². The summed E-state index contributed by atoms with van der Waals surface area (Å²) in [5, 5.41) is 4.71. The molecule has 0 fully saturated rings. The van der Waals surface area contributed by atoms with E-state index in [0.717, 1.165) is 20.9 Å². The number of nitrogens with one attached hydrogen (secondary N) is 1. The molecule has 2 aromatic rings. The number of halogens is 1. The van der Waals surface area contributed by atoms with Crippen molar-refractivity contribution in [1.29, 1.82) is 0 Å². The van der Waals surface area contributed by atoms with Crippen molar-refractivity contribution in [3.8, 4) is 5.75 Å². The lowest BCUT2D eigenvalue weighted by molar-refractivity contribution is 0.411. The van der Waals surface area contributed by atoms with Crippen LogP contribution in [-0.4, -0.2) is 18.1 Å². The molecule has 1 atom stereocenters. The van der Waals surface area contributed by atoms with E-state index in [0.29, 0.717) is 6.04 Å². The van der Waals surface area contributed by atoms with Crippen LogP contribution in [0.1, 0.15) is 41.0 Å². The fourth-order valence-corrected chi connectivity index (χ4v) is 3.70. The van der Waals surface area contributed by atoms with Crippen molar-refractivity contribution in [1.82, 2.24) is 10.3 Å². The van der Waals surface area contributed by atoms with Gasteiger partial charge in [0.05, 0.1) is 23.3 Å². The Labute approximate surface area is 138 Å². The highest BCUT2D eigenvalue weighted by atomic mass is 79.9. The van der Waals surface area contributed by atoms with Gasteiger partial charge in [-0.05, 0) is 61.3 Å². The number of ether oxygens (including phenoxy) is 1. The molecule has 5 heteroatoms. The van der Waals surface area contributed by atoms with Gasteiger partial charge in [0.2, 0.25) is 0 Å². The first-order valence-corrected chi connectivity index (χ1v) is 8.56. The van der Waals surface area contributed by atoms with Crippen molar-refractivity contribution in [2.45, 2.75) is 39.8 Å². The summed E-state index contributed by atoms with van der Waals surface area (Å²) >= 11 is 5.32. The molecule has 0 amide bonds. The topological polar surface area (TPSA) is 34.1 Å². The molecule has 1 aromatic carbocycles. The molecule has 0 saturated heterocycles. The van der Waals surface area contributed by atoms with Gasteiger partial charge in [-0.15, -0.1) is 11.3 Å². The van der Waals surface area contributed by atoms with Crippen LogP contribution in [0.15, 0.2) is 22.7 Å². The van der Waals surface area contributed by atoms with E-state index in [9.17, 15) is 0 Å². The van der Waals surface area contributed by atoms with Gasteiger partial charge >= 0.3 is 0 Å². The van der Waals surface area contributed by atoms with Gasteiger partial charge in [0.15, 0.2) is 0 Å². The first-order chi connectivity index (χ1) is 9.92. The Morgan fingerprint density at radius 2 is 2.00 bits per heavy atom. The third-order valence-electron chi connectivity index (χ3n) is 3.30. The first kappa shape index (κ1) is 16.5. The standard InChI is InChI=1S/C16H21BrN2OS/c1-9(2)18-15(16-19-10(3)11(4)21-16)12-6-7-14(20-5)13(17)8-12/h6-9,15,18H,1-5H3. The second-order valence-corrected chi connectivity index (χ2v) is 7.43. The summed E-state index contributed by atoms with van der Waals surface area (Å²) in [6.07, 6.45) is 0. The van der Waals surface area contributed by atoms with Crippen LogP contribution in [0.25, 0.3) is 0 Å². The molecule has 0 aliphatic rings. The molecule has 0 aliphatic heterocycles. The fraction of sp³-hybridized carbons (Fsp3) is 0.438. The van der Waals surface area contributed by atoms with Gasteiger partial charge in [-0.2, -0.15) is 0 Å². The summed E-state index contributed by atoms with van der Waals surface area (Å²) in [6.45, 7) is 8.48. The van der Waals surface area contributed by atoms with Gasteiger partial charge in [-0.25, -0.2) is 4.98 Å². The van der Waals surface area contributed by atoms with E-state index in [1.54, 1.807) is 18.4 Å². The highest BCUT2D eigenvalue weighted by Crippen LogP contribution is 2.33. The molecule has 1 N–H and O–H groups in total. The Morgan fingerprint density at radius 3 is 2.48 bits per heavy atom. The van der Waals surface area contributed by atoms with E-state index in [2.05, 4.69) is 61.1 Å². The number of hydrogen-bond acceptors (Lipinski definition) is 4. The SMILES string of the molecule is COc1ccc(C(NC(C)C)c2nc(C)c(C)s2)cc1Br. The zero-order valence-corrected chi connectivity index (χ0v) is 15.4. The van der Waals surface area contributed by atoms with Crippen molar-refractivity contribution in [3.63, 3.8) is 0 Å². The zero-order valence-electron chi connectivity index (χ0n) is 13.0. The second kappa shape index (κ2) is 6.90. The highest BCUT2D eigenvalue weighted by molar-refractivity contribution is 9.10. The minimum atomic E-state index is 0.101. The maximum Gasteiger partial charge on any atom is 0.133 e. The Morgan fingerprint density at radius 1 is 1.29 bits per heavy atom. The molecule has 0 bridgehead atoms. The molecule has 0 radical (unpaired) electrons. The molecule has 0 saturated carbocycles. The van der Waals surface area contributed by atoms with Gasteiger partial charge in [0, 0.05) is 10.9 Å². The largest absolute Gasteiger partial charge is 0.496 e. The number of nitrogens with zero attached hydrogens (tertiary/aromatic N) is 1. The lowest BCUT2D eigenvalue weighted by atomic mass is 10.1. The average molecular weight is 369 g/mol. The van der Waals surface area contributed by atoms with Gasteiger partial charge in [0.25, 0.3) is 0 Å². The van der Waals surface area contributed by atoms with Crippen molar-refractivity contribution in [2.75, 3.05) is 7.11 Å². The van der Waals surface area contributed by atoms with Crippen LogP contribution in [0.4, 0.5) is 0 Å². The summed E-state index contributed by atoms with van der Waals surface area (Å²) in [5.74, 6) is 0.841. The summed E-state index contributed by atoms with van der Waals surface area (Å²) < 4.78 is 6.27. The lowest BCUT2D eigenvalue weighted by Crippen LogP contribution is -2.29. The minimum Gasteiger partial charge on any atom is -0.496 e. The van der Waals surface area contributed by atoms with Crippen LogP contribution in [0.5, 0.6) is 5.75 Å². The third kappa shape index (κ3) is 3.84. The monoisotopic (exact) mass is 368 g/mol. The number of rotatable bonds is 5. The van der Waals surface area contributed by atoms with E-state index in [4.69, 9.17) is 9.72 Å². The maximum atomic E-state index is 5.31. The summed E-state index contributed by atoms with van der Waals surface area (Å²) in [4.78, 5) is 5.99. The smallest absolute Gasteiger partial charge is 0.133 e. The molecule has 0 aliphatic carbocycles. The predicted octanol–water partition coefficient (Wildman–Crippen LogP) is 4.62. The van der Waals surface area contributed by atoms with Crippen LogP contribution in [0, 0.1) is 13.8 Å². The quantitative estimate of drug-likeness (QED) is 0.835. The molecule has 21 heavy (non-hydrogen) atoms. The predicted molar refractivity (Wildman–Crippen MR) is 92.4 cm³/mol. The van der Waals surface area contributed by atoms with E-state index in [-0.39, 0.29) is 6.04 Å². The third-order valence-corrected chi connectivity index (χ3v) is 5.06. The minimum absolute atomic E-state index is 0.101. The molecular formula is C16H21BrN2OS. The zero-order chi connectivity index (χ0) is 15.6. The first-order valence-electron chi connectivity index (χ1n) is 6.95. The van der Waals surface area contributed by atoms with Crippen LogP contribution in [0.2, 0.25) is 0 Å². The molecule has 1 heterocycles. The van der Waals surface area contributed by atoms with Gasteiger partial charge in [-0.3, -0.25) is 0 Å². The Kier molecular flexibility index (Phi) is 5.41. The van der Waals surface area contributed by atoms with Crippen molar-refractivity contribution >= 4 is 27.3 Å². The molecule has 114 valence electrons. The Bertz CT molecular complexity index is 605. The molecule has 2 rings (SSSR count). The summed E-state index contributed by atoms with van der Waals surface area (Å²) in [6, 6.07) is 6.66. The number of aromatic nitrogens is 1. The maximum absolute atomic E-state index is 5.31. The molecular weight excluding hydrogens is 348 g/mol. The highest BCUT2D eigenvalue weighted by Gasteiger charge is 2.20. The number of methoxy groups -OCH3 is 1. The van der Waals surface area contributed by atoms with Gasteiger partial charge in [0.1, 0.15) is 10.8 Å². The van der Waals surface area contributed by atoms with Crippen molar-refractivity contribution in [2.24, 2.45) is 0 Å². The van der Waals surface area contributed by atoms with E-state index in [1.807, 2.05) is 6.07 Å².